The maximum Gasteiger partial charge on any atom is 0.123 e. The number of hydrogen-bond acceptors (Lipinski definition) is 3. The number of hydroxylamine groups is 2. The molecule has 2 rings (SSSR count). The SMILES string of the molecule is N#C[C@@H](Br)[C@@H](c1ccccc1)N(O)Cc1ccccc1. The Bertz CT molecular complexity index is 568. The summed E-state index contributed by atoms with van der Waals surface area (Å²) in [5, 5.41) is 20.7. The van der Waals surface area contributed by atoms with Crippen LogP contribution in [0.1, 0.15) is 17.2 Å². The fourth-order valence-corrected chi connectivity index (χ4v) is 2.66. The van der Waals surface area contributed by atoms with E-state index in [4.69, 9.17) is 5.26 Å². The van der Waals surface area contributed by atoms with E-state index in [1.54, 1.807) is 0 Å². The minimum absolute atomic E-state index is 0.365. The fourth-order valence-electron chi connectivity index (χ4n) is 2.08. The quantitative estimate of drug-likeness (QED) is 0.668. The molecule has 102 valence electrons. The highest BCUT2D eigenvalue weighted by Crippen LogP contribution is 2.28. The molecule has 0 amide bonds. The Balaban J connectivity index is 2.21. The van der Waals surface area contributed by atoms with Crippen LogP contribution in [0.4, 0.5) is 0 Å². The van der Waals surface area contributed by atoms with Crippen molar-refractivity contribution in [1.82, 2.24) is 5.06 Å². The van der Waals surface area contributed by atoms with Gasteiger partial charge in [-0.2, -0.15) is 10.3 Å². The number of nitriles is 1. The molecule has 3 nitrogen and oxygen atoms in total. The molecule has 20 heavy (non-hydrogen) atoms. The van der Waals surface area contributed by atoms with Crippen LogP contribution in [-0.4, -0.2) is 15.1 Å². The second-order valence-corrected chi connectivity index (χ2v) is 5.46. The molecule has 4 heteroatoms. The van der Waals surface area contributed by atoms with E-state index < -0.39 is 10.9 Å². The van der Waals surface area contributed by atoms with E-state index in [0.717, 1.165) is 11.1 Å². The zero-order chi connectivity index (χ0) is 14.4. The van der Waals surface area contributed by atoms with E-state index in [9.17, 15) is 5.21 Å². The van der Waals surface area contributed by atoms with Crippen LogP contribution in [-0.2, 0) is 6.54 Å². The van der Waals surface area contributed by atoms with E-state index in [1.165, 1.54) is 5.06 Å². The van der Waals surface area contributed by atoms with Gasteiger partial charge in [-0.05, 0) is 11.1 Å². The van der Waals surface area contributed by atoms with Crippen molar-refractivity contribution in [2.24, 2.45) is 0 Å². The third-order valence-corrected chi connectivity index (χ3v) is 3.76. The number of halogens is 1. The van der Waals surface area contributed by atoms with Gasteiger partial charge in [0.1, 0.15) is 4.83 Å². The normalized spacial score (nSPS) is 13.7. The summed E-state index contributed by atoms with van der Waals surface area (Å²) in [5.41, 5.74) is 1.89. The topological polar surface area (TPSA) is 47.3 Å². The number of benzene rings is 2. The van der Waals surface area contributed by atoms with Gasteiger partial charge in [-0.1, -0.05) is 76.6 Å². The second-order valence-electron chi connectivity index (χ2n) is 4.47. The van der Waals surface area contributed by atoms with Gasteiger partial charge >= 0.3 is 0 Å². The molecule has 0 aliphatic carbocycles. The van der Waals surface area contributed by atoms with Crippen LogP contribution in [0.15, 0.2) is 60.7 Å². The highest BCUT2D eigenvalue weighted by atomic mass is 79.9. The lowest BCUT2D eigenvalue weighted by Gasteiger charge is -2.27. The fraction of sp³-hybridized carbons (Fsp3) is 0.188. The molecule has 0 saturated heterocycles. The molecule has 1 N–H and O–H groups in total. The molecule has 2 aromatic rings. The summed E-state index contributed by atoms with van der Waals surface area (Å²) < 4.78 is 0. The predicted molar refractivity (Wildman–Crippen MR) is 81.3 cm³/mol. The van der Waals surface area contributed by atoms with Gasteiger partial charge in [-0.25, -0.2) is 0 Å². The Morgan fingerprint density at radius 2 is 1.60 bits per heavy atom. The summed E-state index contributed by atoms with van der Waals surface area (Å²) in [5.74, 6) is 0. The minimum Gasteiger partial charge on any atom is -0.313 e. The maximum absolute atomic E-state index is 10.4. The molecule has 0 bridgehead atoms. The van der Waals surface area contributed by atoms with Gasteiger partial charge in [0.25, 0.3) is 0 Å². The lowest BCUT2D eigenvalue weighted by molar-refractivity contribution is -0.134. The summed E-state index contributed by atoms with van der Waals surface area (Å²) in [6.07, 6.45) is 0. The molecule has 0 spiro atoms. The monoisotopic (exact) mass is 330 g/mol. The Morgan fingerprint density at radius 1 is 1.05 bits per heavy atom. The average molecular weight is 331 g/mol. The maximum atomic E-state index is 10.4. The van der Waals surface area contributed by atoms with E-state index in [2.05, 4.69) is 22.0 Å². The smallest absolute Gasteiger partial charge is 0.123 e. The summed E-state index contributed by atoms with van der Waals surface area (Å²) >= 11 is 3.33. The van der Waals surface area contributed by atoms with Crippen LogP contribution in [0.5, 0.6) is 0 Å². The largest absolute Gasteiger partial charge is 0.313 e. The van der Waals surface area contributed by atoms with Gasteiger partial charge in [-0.3, -0.25) is 0 Å². The van der Waals surface area contributed by atoms with Crippen molar-refractivity contribution in [1.29, 1.82) is 5.26 Å². The average Bonchev–Trinajstić information content (AvgIpc) is 2.49. The van der Waals surface area contributed by atoms with Crippen molar-refractivity contribution in [3.05, 3.63) is 71.8 Å². The molecule has 0 unspecified atom stereocenters. The van der Waals surface area contributed by atoms with Crippen molar-refractivity contribution >= 4 is 15.9 Å². The second kappa shape index (κ2) is 7.20. The summed E-state index contributed by atoms with van der Waals surface area (Å²) in [7, 11) is 0. The van der Waals surface area contributed by atoms with Crippen LogP contribution in [0.2, 0.25) is 0 Å². The molecule has 0 aliphatic heterocycles. The molecular weight excluding hydrogens is 316 g/mol. The minimum atomic E-state index is -0.487. The van der Waals surface area contributed by atoms with Crippen LogP contribution in [0, 0.1) is 11.3 Å². The molecule has 0 aliphatic rings. The van der Waals surface area contributed by atoms with Crippen molar-refractivity contribution in [2.45, 2.75) is 17.4 Å². The van der Waals surface area contributed by atoms with E-state index in [1.807, 2.05) is 60.7 Å². The van der Waals surface area contributed by atoms with E-state index in [0.29, 0.717) is 6.54 Å². The number of nitrogens with zero attached hydrogens (tertiary/aromatic N) is 2. The van der Waals surface area contributed by atoms with Crippen molar-refractivity contribution in [2.75, 3.05) is 0 Å². The first-order chi connectivity index (χ1) is 9.72. The Hall–Kier alpha value is -1.67. The number of rotatable bonds is 5. The standard InChI is InChI=1S/C16H15BrN2O/c17-15(11-18)16(14-9-5-2-6-10-14)19(20)12-13-7-3-1-4-8-13/h1-10,15-16,20H,12H2/t15-,16-/m1/s1. The number of alkyl halides is 1. The molecule has 0 radical (unpaired) electrons. The highest BCUT2D eigenvalue weighted by molar-refractivity contribution is 9.09. The first-order valence-electron chi connectivity index (χ1n) is 6.30. The Kier molecular flexibility index (Phi) is 5.31. The van der Waals surface area contributed by atoms with Crippen molar-refractivity contribution in [3.8, 4) is 6.07 Å². The molecule has 0 saturated carbocycles. The van der Waals surface area contributed by atoms with Crippen LogP contribution >= 0.6 is 15.9 Å². The zero-order valence-corrected chi connectivity index (χ0v) is 12.4. The van der Waals surface area contributed by atoms with Gasteiger partial charge in [0.15, 0.2) is 0 Å². The van der Waals surface area contributed by atoms with Gasteiger partial charge in [0, 0.05) is 6.54 Å². The molecular formula is C16H15BrN2O. The van der Waals surface area contributed by atoms with E-state index >= 15 is 0 Å². The summed E-state index contributed by atoms with van der Waals surface area (Å²) in [6.45, 7) is 0.365. The Morgan fingerprint density at radius 3 is 2.15 bits per heavy atom. The molecule has 0 aromatic heterocycles. The van der Waals surface area contributed by atoms with E-state index in [-0.39, 0.29) is 0 Å². The third kappa shape index (κ3) is 3.67. The van der Waals surface area contributed by atoms with Gasteiger partial charge in [0.05, 0.1) is 12.1 Å². The van der Waals surface area contributed by atoms with Crippen LogP contribution in [0.25, 0.3) is 0 Å². The zero-order valence-electron chi connectivity index (χ0n) is 10.9. The van der Waals surface area contributed by atoms with Gasteiger partial charge in [-0.15, -0.1) is 0 Å². The van der Waals surface area contributed by atoms with Crippen molar-refractivity contribution < 1.29 is 5.21 Å². The molecule has 2 aromatic carbocycles. The third-order valence-electron chi connectivity index (χ3n) is 3.05. The van der Waals surface area contributed by atoms with Crippen LogP contribution < -0.4 is 0 Å². The molecule has 0 fully saturated rings. The Labute approximate surface area is 127 Å². The molecule has 0 heterocycles. The summed E-state index contributed by atoms with van der Waals surface area (Å²) in [6, 6.07) is 20.9. The van der Waals surface area contributed by atoms with Gasteiger partial charge < -0.3 is 5.21 Å². The first kappa shape index (κ1) is 14.7. The van der Waals surface area contributed by atoms with Crippen LogP contribution in [0.3, 0.4) is 0 Å². The summed E-state index contributed by atoms with van der Waals surface area (Å²) in [4.78, 5) is -0.487. The lowest BCUT2D eigenvalue weighted by atomic mass is 10.0. The first-order valence-corrected chi connectivity index (χ1v) is 7.22. The van der Waals surface area contributed by atoms with Crippen molar-refractivity contribution in [3.63, 3.8) is 0 Å². The highest BCUT2D eigenvalue weighted by Gasteiger charge is 2.26. The number of hydrogen-bond donors (Lipinski definition) is 1. The molecule has 2 atom stereocenters. The predicted octanol–water partition coefficient (Wildman–Crippen LogP) is 3.91. The van der Waals surface area contributed by atoms with Gasteiger partial charge in [0.2, 0.25) is 0 Å². The lowest BCUT2D eigenvalue weighted by Crippen LogP contribution is -2.30.